The molecular weight excluding hydrogens is 466 g/mol. The molecule has 5 nitrogen and oxygen atoms in total. The lowest BCUT2D eigenvalue weighted by Crippen LogP contribution is -2.53. The molecule has 2 aliphatic heterocycles. The second-order valence-electron chi connectivity index (χ2n) is 8.52. The Balaban J connectivity index is 1.45. The largest absolute Gasteiger partial charge is 0.443 e. The lowest BCUT2D eigenvalue weighted by molar-refractivity contribution is -0.137. The van der Waals surface area contributed by atoms with E-state index in [1.54, 1.807) is 18.2 Å². The number of rotatable bonds is 3. The van der Waals surface area contributed by atoms with Crippen molar-refractivity contribution in [3.05, 3.63) is 70.6 Å². The third-order valence-electron chi connectivity index (χ3n) is 6.19. The number of nitrogens with zero attached hydrogens (tertiary/aromatic N) is 4. The zero-order valence-corrected chi connectivity index (χ0v) is 19.3. The van der Waals surface area contributed by atoms with E-state index < -0.39 is 11.2 Å². The number of para-hydroxylation sites is 2. The molecule has 0 bridgehead atoms. The zero-order valence-electron chi connectivity index (χ0n) is 18.4. The maximum atomic E-state index is 13.6. The fraction of sp³-hybridized carbons (Fsp3) is 0.333. The Hall–Kier alpha value is -2.98. The predicted octanol–water partition coefficient (Wildman–Crippen LogP) is 5.69. The van der Waals surface area contributed by atoms with Gasteiger partial charge < -0.3 is 10.2 Å². The molecule has 34 heavy (non-hydrogen) atoms. The first-order valence-corrected chi connectivity index (χ1v) is 11.8. The maximum absolute atomic E-state index is 13.6. The van der Waals surface area contributed by atoms with E-state index in [0.29, 0.717) is 53.1 Å². The van der Waals surface area contributed by atoms with E-state index in [1.165, 1.54) is 6.07 Å². The highest BCUT2D eigenvalue weighted by atomic mass is 32.1. The number of alkyl halides is 3. The molecule has 1 N–H and O–H groups in total. The van der Waals surface area contributed by atoms with E-state index in [9.17, 15) is 17.6 Å². The van der Waals surface area contributed by atoms with Gasteiger partial charge in [0.15, 0.2) is 5.84 Å². The maximum Gasteiger partial charge on any atom is 0.443 e. The smallest absolute Gasteiger partial charge is 0.352 e. The highest BCUT2D eigenvalue weighted by Crippen LogP contribution is 2.42. The summed E-state index contributed by atoms with van der Waals surface area (Å²) in [4.78, 5) is 13.0. The van der Waals surface area contributed by atoms with Crippen molar-refractivity contribution in [3.8, 4) is 0 Å². The van der Waals surface area contributed by atoms with Crippen LogP contribution in [-0.2, 0) is 12.6 Å². The Morgan fingerprint density at radius 1 is 1.12 bits per heavy atom. The highest BCUT2D eigenvalue weighted by Gasteiger charge is 2.39. The van der Waals surface area contributed by atoms with Crippen LogP contribution in [0.4, 0.5) is 33.9 Å². The number of benzene rings is 2. The Bertz CT molecular complexity index is 1220. The number of hydrogen-bond donors (Lipinski definition) is 1. The van der Waals surface area contributed by atoms with Crippen LogP contribution in [0.25, 0.3) is 0 Å². The monoisotopic (exact) mass is 489 g/mol. The molecule has 1 unspecified atom stereocenters. The minimum atomic E-state index is -4.53. The van der Waals surface area contributed by atoms with E-state index in [1.807, 2.05) is 36.2 Å². The first kappa shape index (κ1) is 22.8. The average Bonchev–Trinajstić information content (AvgIpc) is 3.16. The van der Waals surface area contributed by atoms with Crippen molar-refractivity contribution in [3.63, 3.8) is 0 Å². The van der Waals surface area contributed by atoms with E-state index in [4.69, 9.17) is 4.99 Å². The number of likely N-dealkylation sites (N-methyl/N-ethyl adjacent to an activating group) is 1. The van der Waals surface area contributed by atoms with E-state index >= 15 is 0 Å². The molecular formula is C24H23F4N5S. The summed E-state index contributed by atoms with van der Waals surface area (Å²) >= 11 is 0.597. The molecule has 2 aromatic carbocycles. The number of piperazine rings is 1. The predicted molar refractivity (Wildman–Crippen MR) is 126 cm³/mol. The van der Waals surface area contributed by atoms with Crippen molar-refractivity contribution in [2.45, 2.75) is 25.1 Å². The molecule has 2 aliphatic rings. The number of aromatic nitrogens is 1. The van der Waals surface area contributed by atoms with E-state index in [0.717, 1.165) is 18.5 Å². The molecule has 178 valence electrons. The van der Waals surface area contributed by atoms with Gasteiger partial charge in [-0.1, -0.05) is 35.6 Å². The Morgan fingerprint density at radius 3 is 2.74 bits per heavy atom. The number of anilines is 2. The van der Waals surface area contributed by atoms with Crippen LogP contribution in [0.15, 0.2) is 53.5 Å². The number of nitrogens with one attached hydrogen (secondary N) is 1. The summed E-state index contributed by atoms with van der Waals surface area (Å²) in [5, 5.41) is 2.55. The summed E-state index contributed by atoms with van der Waals surface area (Å²) in [6.45, 7) is 1.94. The Labute approximate surface area is 198 Å². The summed E-state index contributed by atoms with van der Waals surface area (Å²) < 4.78 is 54.0. The number of aryl methyl sites for hydroxylation is 1. The van der Waals surface area contributed by atoms with Crippen molar-refractivity contribution >= 4 is 33.5 Å². The van der Waals surface area contributed by atoms with Gasteiger partial charge >= 0.3 is 6.18 Å². The van der Waals surface area contributed by atoms with Crippen LogP contribution in [-0.4, -0.2) is 53.3 Å². The van der Waals surface area contributed by atoms with Crippen molar-refractivity contribution in [2.75, 3.05) is 32.0 Å². The summed E-state index contributed by atoms with van der Waals surface area (Å²) in [6.07, 6.45) is -3.04. The first-order chi connectivity index (χ1) is 16.3. The Kier molecular flexibility index (Phi) is 6.03. The number of fused-ring (bicyclic) bond motifs is 2. The molecule has 0 aliphatic carbocycles. The van der Waals surface area contributed by atoms with Gasteiger partial charge in [0.1, 0.15) is 16.5 Å². The quantitative estimate of drug-likeness (QED) is 0.481. The molecule has 0 spiro atoms. The van der Waals surface area contributed by atoms with Crippen LogP contribution in [0.5, 0.6) is 0 Å². The first-order valence-electron chi connectivity index (χ1n) is 11.0. The van der Waals surface area contributed by atoms with Crippen molar-refractivity contribution < 1.29 is 17.6 Å². The van der Waals surface area contributed by atoms with Crippen LogP contribution < -0.4 is 5.32 Å². The van der Waals surface area contributed by atoms with Crippen molar-refractivity contribution in [1.82, 2.24) is 14.8 Å². The van der Waals surface area contributed by atoms with Crippen LogP contribution in [0.2, 0.25) is 0 Å². The van der Waals surface area contributed by atoms with Gasteiger partial charge in [-0.25, -0.2) is 14.4 Å². The summed E-state index contributed by atoms with van der Waals surface area (Å²) in [6, 6.07) is 14.0. The molecule has 1 atom stereocenters. The van der Waals surface area contributed by atoms with E-state index in [2.05, 4.69) is 15.2 Å². The van der Waals surface area contributed by atoms with Crippen molar-refractivity contribution in [1.29, 1.82) is 0 Å². The Morgan fingerprint density at radius 2 is 1.94 bits per heavy atom. The molecule has 1 fully saturated rings. The minimum absolute atomic E-state index is 0.135. The van der Waals surface area contributed by atoms with E-state index in [-0.39, 0.29) is 17.6 Å². The summed E-state index contributed by atoms with van der Waals surface area (Å²) in [5.74, 6) is 0.190. The standard InChI is InChI=1S/C24H23F4N5S/c1-32-11-12-33(14-17(32)10-9-15-5-4-6-16(25)13-15)21-20-22(34-23(31-20)24(26,27)28)30-19-8-3-2-7-18(19)29-21/h2-8,13,17,30H,9-12,14H2,1H3. The van der Waals surface area contributed by atoms with Gasteiger partial charge in [-0.15, -0.1) is 0 Å². The minimum Gasteiger partial charge on any atom is -0.352 e. The molecule has 1 saturated heterocycles. The van der Waals surface area contributed by atoms with Gasteiger partial charge in [0, 0.05) is 25.7 Å². The van der Waals surface area contributed by atoms with Crippen LogP contribution >= 0.6 is 11.3 Å². The van der Waals surface area contributed by atoms with Crippen LogP contribution in [0.1, 0.15) is 22.7 Å². The number of hydrogen-bond acceptors (Lipinski definition) is 6. The van der Waals surface area contributed by atoms with Gasteiger partial charge in [0.25, 0.3) is 0 Å². The molecule has 3 heterocycles. The SMILES string of the molecule is CN1CCN(C2=Nc3ccccc3Nc3sc(C(F)(F)F)nc32)CC1CCc1cccc(F)c1. The lowest BCUT2D eigenvalue weighted by Gasteiger charge is -2.40. The molecule has 10 heteroatoms. The zero-order chi connectivity index (χ0) is 23.9. The van der Waals surface area contributed by atoms with Gasteiger partial charge in [-0.3, -0.25) is 4.90 Å². The summed E-state index contributed by atoms with van der Waals surface area (Å²) in [7, 11) is 2.04. The fourth-order valence-electron chi connectivity index (χ4n) is 4.34. The van der Waals surface area contributed by atoms with Gasteiger partial charge in [-0.2, -0.15) is 13.2 Å². The number of thiazole rings is 1. The fourth-order valence-corrected chi connectivity index (χ4v) is 5.18. The lowest BCUT2D eigenvalue weighted by atomic mass is 10.0. The number of aliphatic imine (C=N–C) groups is 1. The van der Waals surface area contributed by atoms with Gasteiger partial charge in [0.05, 0.1) is 11.4 Å². The third-order valence-corrected chi connectivity index (χ3v) is 7.21. The normalized spacial score (nSPS) is 18.6. The molecule has 0 radical (unpaired) electrons. The van der Waals surface area contributed by atoms with Gasteiger partial charge in [-0.05, 0) is 49.7 Å². The molecule has 0 amide bonds. The number of amidine groups is 1. The van der Waals surface area contributed by atoms with Crippen molar-refractivity contribution in [2.24, 2.45) is 4.99 Å². The van der Waals surface area contributed by atoms with Crippen LogP contribution in [0.3, 0.4) is 0 Å². The van der Waals surface area contributed by atoms with Gasteiger partial charge in [0.2, 0.25) is 5.01 Å². The highest BCUT2D eigenvalue weighted by molar-refractivity contribution is 7.16. The number of halogens is 4. The molecule has 1 aromatic heterocycles. The average molecular weight is 490 g/mol. The third kappa shape index (κ3) is 4.65. The second-order valence-corrected chi connectivity index (χ2v) is 9.52. The molecule has 0 saturated carbocycles. The van der Waals surface area contributed by atoms with Crippen LogP contribution in [0, 0.1) is 5.82 Å². The molecule has 3 aromatic rings. The summed E-state index contributed by atoms with van der Waals surface area (Å²) in [5.41, 5.74) is 2.45. The topological polar surface area (TPSA) is 43.8 Å². The second kappa shape index (κ2) is 8.99. The molecule has 5 rings (SSSR count).